The third-order valence-electron chi connectivity index (χ3n) is 2.94. The summed E-state index contributed by atoms with van der Waals surface area (Å²) in [5.74, 6) is -2.51. The van der Waals surface area contributed by atoms with E-state index in [1.165, 1.54) is 16.0 Å². The van der Waals surface area contributed by atoms with Crippen LogP contribution in [0.15, 0.2) is 66.6 Å². The van der Waals surface area contributed by atoms with Crippen LogP contribution in [0.2, 0.25) is 0 Å². The van der Waals surface area contributed by atoms with E-state index in [-0.39, 0.29) is 6.04 Å². The summed E-state index contributed by atoms with van der Waals surface area (Å²) in [6.45, 7) is 3.74. The van der Waals surface area contributed by atoms with Crippen molar-refractivity contribution in [1.82, 2.24) is 0 Å². The maximum absolute atomic E-state index is 9.55. The van der Waals surface area contributed by atoms with Crippen molar-refractivity contribution in [3.05, 3.63) is 72.1 Å². The molecule has 2 aromatic rings. The molecule has 0 aliphatic carbocycles. The van der Waals surface area contributed by atoms with Gasteiger partial charge in [-0.1, -0.05) is 36.4 Å². The first-order chi connectivity index (χ1) is 11.5. The number of thiophene rings is 1. The molecule has 1 atom stereocenters. The van der Waals surface area contributed by atoms with Crippen molar-refractivity contribution in [3.63, 3.8) is 0 Å². The average molecular weight is 345 g/mol. The summed E-state index contributed by atoms with van der Waals surface area (Å²) in [7, 11) is 0. The molecule has 4 N–H and O–H groups in total. The zero-order valence-electron chi connectivity index (χ0n) is 13.0. The number of rotatable bonds is 6. The highest BCUT2D eigenvalue weighted by molar-refractivity contribution is 7.13. The van der Waals surface area contributed by atoms with Gasteiger partial charge >= 0.3 is 11.9 Å². The zero-order valence-corrected chi connectivity index (χ0v) is 13.8. The topological polar surface area (TPSA) is 101 Å². The van der Waals surface area contributed by atoms with Crippen molar-refractivity contribution in [3.8, 4) is 10.4 Å². The minimum Gasteiger partial charge on any atom is -0.478 e. The van der Waals surface area contributed by atoms with E-state index in [1.54, 1.807) is 11.3 Å². The van der Waals surface area contributed by atoms with Crippen LogP contribution in [-0.4, -0.2) is 22.2 Å². The standard InChI is InChI=1S/C14H15NS.C4H4O4/c1-2-6-13(15)11-7-3-4-8-12(11)14-9-5-10-16-14;5-3(6)1-2-4(7)8/h2-5,7-10,13H,1,6,15H2;1-2H,(H,5,6)(H,7,8)/b;2-1+. The maximum Gasteiger partial charge on any atom is 0.328 e. The summed E-state index contributed by atoms with van der Waals surface area (Å²) in [6.07, 6.45) is 3.79. The van der Waals surface area contributed by atoms with Gasteiger partial charge in [0.05, 0.1) is 0 Å². The molecule has 0 fully saturated rings. The van der Waals surface area contributed by atoms with E-state index < -0.39 is 11.9 Å². The number of nitrogens with two attached hydrogens (primary N) is 1. The van der Waals surface area contributed by atoms with E-state index in [0.717, 1.165) is 6.42 Å². The minimum atomic E-state index is -1.26. The smallest absolute Gasteiger partial charge is 0.328 e. The van der Waals surface area contributed by atoms with Gasteiger partial charge in [-0.15, -0.1) is 17.9 Å². The molecule has 0 amide bonds. The number of hydrogen-bond donors (Lipinski definition) is 3. The van der Waals surface area contributed by atoms with Crippen LogP contribution in [0.25, 0.3) is 10.4 Å². The van der Waals surface area contributed by atoms with Crippen LogP contribution in [0.4, 0.5) is 0 Å². The number of carboxylic acid groups (broad SMARTS) is 2. The Balaban J connectivity index is 0.000000307. The van der Waals surface area contributed by atoms with Gasteiger partial charge in [0.15, 0.2) is 0 Å². The van der Waals surface area contributed by atoms with Crippen molar-refractivity contribution in [1.29, 1.82) is 0 Å². The largest absolute Gasteiger partial charge is 0.478 e. The van der Waals surface area contributed by atoms with Crippen molar-refractivity contribution >= 4 is 23.3 Å². The first-order valence-corrected chi connectivity index (χ1v) is 7.97. The Morgan fingerprint density at radius 1 is 1.12 bits per heavy atom. The fourth-order valence-corrected chi connectivity index (χ4v) is 2.70. The lowest BCUT2D eigenvalue weighted by Crippen LogP contribution is -2.10. The normalized spacial score (nSPS) is 11.4. The molecule has 0 spiro atoms. The molecule has 0 radical (unpaired) electrons. The fourth-order valence-electron chi connectivity index (χ4n) is 1.93. The SMILES string of the molecule is C=CCC(N)c1ccccc1-c1cccs1.O=C(O)/C=C/C(=O)O. The second-order valence-corrected chi connectivity index (χ2v) is 5.65. The average Bonchev–Trinajstić information content (AvgIpc) is 3.08. The second kappa shape index (κ2) is 10.1. The van der Waals surface area contributed by atoms with Crippen LogP contribution in [0.1, 0.15) is 18.0 Å². The first-order valence-electron chi connectivity index (χ1n) is 7.09. The van der Waals surface area contributed by atoms with Gasteiger partial charge < -0.3 is 15.9 Å². The van der Waals surface area contributed by atoms with Crippen LogP contribution in [0.5, 0.6) is 0 Å². The van der Waals surface area contributed by atoms with E-state index in [2.05, 4.69) is 42.3 Å². The molecule has 0 saturated heterocycles. The monoisotopic (exact) mass is 345 g/mol. The molecule has 1 aromatic carbocycles. The van der Waals surface area contributed by atoms with E-state index in [0.29, 0.717) is 12.2 Å². The molecule has 0 aliphatic heterocycles. The number of hydrogen-bond acceptors (Lipinski definition) is 4. The van der Waals surface area contributed by atoms with E-state index in [4.69, 9.17) is 15.9 Å². The number of carbonyl (C=O) groups is 2. The highest BCUT2D eigenvalue weighted by Gasteiger charge is 2.10. The Bertz CT molecular complexity index is 692. The molecule has 1 aromatic heterocycles. The molecule has 126 valence electrons. The molecule has 0 bridgehead atoms. The number of carboxylic acids is 2. The Kier molecular flexibility index (Phi) is 8.18. The van der Waals surface area contributed by atoms with Gasteiger partial charge in [-0.2, -0.15) is 0 Å². The maximum atomic E-state index is 9.55. The van der Waals surface area contributed by atoms with Gasteiger partial charge in [-0.3, -0.25) is 0 Å². The summed E-state index contributed by atoms with van der Waals surface area (Å²) >= 11 is 1.74. The molecule has 0 aliphatic rings. The lowest BCUT2D eigenvalue weighted by molar-refractivity contribution is -0.134. The van der Waals surface area contributed by atoms with E-state index in [1.807, 2.05) is 12.1 Å². The lowest BCUT2D eigenvalue weighted by Gasteiger charge is -2.13. The molecular formula is C18H19NO4S. The molecule has 0 saturated carbocycles. The molecule has 6 heteroatoms. The Morgan fingerprint density at radius 3 is 2.25 bits per heavy atom. The van der Waals surface area contributed by atoms with Crippen LogP contribution in [-0.2, 0) is 9.59 Å². The van der Waals surface area contributed by atoms with E-state index >= 15 is 0 Å². The predicted octanol–water partition coefficient (Wildman–Crippen LogP) is 3.70. The van der Waals surface area contributed by atoms with Crippen LogP contribution in [0.3, 0.4) is 0 Å². The molecule has 1 unspecified atom stereocenters. The van der Waals surface area contributed by atoms with Gasteiger partial charge in [0, 0.05) is 23.1 Å². The third kappa shape index (κ3) is 6.60. The van der Waals surface area contributed by atoms with Crippen LogP contribution < -0.4 is 5.73 Å². The highest BCUT2D eigenvalue weighted by Crippen LogP contribution is 2.31. The van der Waals surface area contributed by atoms with Crippen molar-refractivity contribution in [2.75, 3.05) is 0 Å². The number of aliphatic carboxylic acids is 2. The Labute approximate surface area is 144 Å². The van der Waals surface area contributed by atoms with Crippen molar-refractivity contribution < 1.29 is 19.8 Å². The van der Waals surface area contributed by atoms with Crippen molar-refractivity contribution in [2.24, 2.45) is 5.73 Å². The van der Waals surface area contributed by atoms with Gasteiger partial charge in [-0.05, 0) is 29.0 Å². The summed E-state index contributed by atoms with van der Waals surface area (Å²) < 4.78 is 0. The van der Waals surface area contributed by atoms with Crippen molar-refractivity contribution in [2.45, 2.75) is 12.5 Å². The first kappa shape index (κ1) is 19.3. The summed E-state index contributed by atoms with van der Waals surface area (Å²) in [4.78, 5) is 20.4. The van der Waals surface area contributed by atoms with Gasteiger partial charge in [-0.25, -0.2) is 9.59 Å². The second-order valence-electron chi connectivity index (χ2n) is 4.71. The zero-order chi connectivity index (χ0) is 17.9. The Hall–Kier alpha value is -2.70. The van der Waals surface area contributed by atoms with E-state index in [9.17, 15) is 9.59 Å². The van der Waals surface area contributed by atoms with Gasteiger partial charge in [0.2, 0.25) is 0 Å². The fraction of sp³-hybridized carbons (Fsp3) is 0.111. The number of benzene rings is 1. The molecule has 2 rings (SSSR count). The molecule has 1 heterocycles. The molecule has 24 heavy (non-hydrogen) atoms. The van der Waals surface area contributed by atoms with Crippen LogP contribution in [0, 0.1) is 0 Å². The lowest BCUT2D eigenvalue weighted by atomic mass is 9.98. The minimum absolute atomic E-state index is 0.0378. The molecular weight excluding hydrogens is 326 g/mol. The van der Waals surface area contributed by atoms with Crippen LogP contribution >= 0.6 is 11.3 Å². The third-order valence-corrected chi connectivity index (χ3v) is 3.84. The summed E-state index contributed by atoms with van der Waals surface area (Å²) in [6, 6.07) is 12.6. The van der Waals surface area contributed by atoms with Gasteiger partial charge in [0.25, 0.3) is 0 Å². The van der Waals surface area contributed by atoms with Gasteiger partial charge in [0.1, 0.15) is 0 Å². The Morgan fingerprint density at radius 2 is 1.75 bits per heavy atom. The molecule has 5 nitrogen and oxygen atoms in total. The summed E-state index contributed by atoms with van der Waals surface area (Å²) in [5.41, 5.74) is 8.59. The summed E-state index contributed by atoms with van der Waals surface area (Å²) in [5, 5.41) is 17.7. The quantitative estimate of drug-likeness (QED) is 0.547. The highest BCUT2D eigenvalue weighted by atomic mass is 32.1. The predicted molar refractivity (Wildman–Crippen MR) is 95.9 cm³/mol.